The summed E-state index contributed by atoms with van der Waals surface area (Å²) in [5.41, 5.74) is 1.28. The Labute approximate surface area is 153 Å². The molecule has 3 rings (SSSR count). The molecule has 1 amide bonds. The molecule has 26 heavy (non-hydrogen) atoms. The number of amides is 1. The highest BCUT2D eigenvalue weighted by molar-refractivity contribution is 7.17. The highest BCUT2D eigenvalue weighted by atomic mass is 32.1. The predicted octanol–water partition coefficient (Wildman–Crippen LogP) is 2.09. The molecule has 0 aliphatic rings. The smallest absolute Gasteiger partial charge is 0.349 e. The minimum atomic E-state index is -0.512. The minimum absolute atomic E-state index is 0.136. The van der Waals surface area contributed by atoms with E-state index in [2.05, 4.69) is 15.0 Å². The van der Waals surface area contributed by atoms with E-state index >= 15 is 0 Å². The van der Waals surface area contributed by atoms with Crippen molar-refractivity contribution in [2.75, 3.05) is 12.4 Å². The fourth-order valence-corrected chi connectivity index (χ4v) is 3.44. The molecule has 2 aromatic heterocycles. The van der Waals surface area contributed by atoms with E-state index in [1.807, 2.05) is 31.2 Å². The monoisotopic (exact) mass is 374 g/mol. The molecule has 0 atom stereocenters. The summed E-state index contributed by atoms with van der Waals surface area (Å²) in [6, 6.07) is 7.37. The molecule has 2 heterocycles. The zero-order valence-electron chi connectivity index (χ0n) is 14.4. The fourth-order valence-electron chi connectivity index (χ4n) is 2.69. The van der Waals surface area contributed by atoms with Crippen LogP contribution in [0.4, 0.5) is 5.13 Å². The number of imidazole rings is 1. The van der Waals surface area contributed by atoms with Gasteiger partial charge in [0.2, 0.25) is 5.91 Å². The molecule has 0 fully saturated rings. The number of hydrogen-bond acceptors (Lipinski definition) is 6. The van der Waals surface area contributed by atoms with Crippen LogP contribution in [0, 0.1) is 0 Å². The Bertz CT molecular complexity index is 1020. The van der Waals surface area contributed by atoms with Crippen molar-refractivity contribution in [1.82, 2.24) is 14.1 Å². The molecule has 0 saturated heterocycles. The Hall–Kier alpha value is -2.94. The summed E-state index contributed by atoms with van der Waals surface area (Å²) in [6.07, 6.45) is 2.15. The summed E-state index contributed by atoms with van der Waals surface area (Å²) in [5, 5.41) is 2.89. The molecule has 8 nitrogen and oxygen atoms in total. The van der Waals surface area contributed by atoms with Crippen molar-refractivity contribution >= 4 is 39.4 Å². The van der Waals surface area contributed by atoms with Crippen molar-refractivity contribution in [3.05, 3.63) is 45.8 Å². The molecule has 1 N–H and O–H groups in total. The normalized spacial score (nSPS) is 10.8. The molecule has 3 aromatic rings. The third-order valence-corrected chi connectivity index (χ3v) is 4.71. The van der Waals surface area contributed by atoms with Crippen LogP contribution in [0.1, 0.15) is 23.0 Å². The maximum absolute atomic E-state index is 12.7. The van der Waals surface area contributed by atoms with Crippen molar-refractivity contribution in [3.63, 3.8) is 0 Å². The van der Waals surface area contributed by atoms with Crippen LogP contribution in [0.2, 0.25) is 0 Å². The third-order valence-electron chi connectivity index (χ3n) is 3.81. The number of nitrogens with zero attached hydrogens (tertiary/aromatic N) is 3. The summed E-state index contributed by atoms with van der Waals surface area (Å²) in [6.45, 7) is 2.44. The first kappa shape index (κ1) is 17.9. The number of esters is 1. The number of fused-ring (bicyclic) bond motifs is 1. The molecule has 9 heteroatoms. The average molecular weight is 374 g/mol. The van der Waals surface area contributed by atoms with Gasteiger partial charge in [0.15, 0.2) is 5.13 Å². The predicted molar refractivity (Wildman–Crippen MR) is 98.6 cm³/mol. The molecule has 0 unspecified atom stereocenters. The number of methoxy groups -OCH3 is 1. The number of aromatic nitrogens is 3. The Kier molecular flexibility index (Phi) is 5.17. The van der Waals surface area contributed by atoms with E-state index in [0.29, 0.717) is 16.9 Å². The second-order valence-electron chi connectivity index (χ2n) is 5.58. The molecular weight excluding hydrogens is 356 g/mol. The summed E-state index contributed by atoms with van der Waals surface area (Å²) in [4.78, 5) is 40.8. The maximum atomic E-state index is 12.7. The molecule has 0 aliphatic carbocycles. The summed E-state index contributed by atoms with van der Waals surface area (Å²) in [5.74, 6) is -0.904. The zero-order chi connectivity index (χ0) is 18.7. The summed E-state index contributed by atoms with van der Waals surface area (Å²) < 4.78 is 7.72. The molecule has 136 valence electrons. The second-order valence-corrected chi connectivity index (χ2v) is 6.61. The van der Waals surface area contributed by atoms with Gasteiger partial charge in [-0.1, -0.05) is 30.4 Å². The molecule has 0 bridgehead atoms. The van der Waals surface area contributed by atoms with Gasteiger partial charge < -0.3 is 10.1 Å². The number of carbonyl (C=O) groups is 2. The quantitative estimate of drug-likeness (QED) is 0.667. The van der Waals surface area contributed by atoms with Crippen LogP contribution in [0.3, 0.4) is 0 Å². The number of nitrogens with one attached hydrogen (secondary N) is 1. The van der Waals surface area contributed by atoms with Crippen molar-refractivity contribution < 1.29 is 14.3 Å². The van der Waals surface area contributed by atoms with Crippen LogP contribution in [0.5, 0.6) is 0 Å². The SMILES string of the molecule is CCCn1c(=O)n(CC(=O)Nc2ncc(C(=O)OC)s2)c2ccccc21. The Balaban J connectivity index is 1.83. The van der Waals surface area contributed by atoms with E-state index in [4.69, 9.17) is 0 Å². The van der Waals surface area contributed by atoms with E-state index in [0.717, 1.165) is 23.3 Å². The van der Waals surface area contributed by atoms with Crippen molar-refractivity contribution in [3.8, 4) is 0 Å². The number of anilines is 1. The van der Waals surface area contributed by atoms with Gasteiger partial charge in [0.05, 0.1) is 24.3 Å². The number of aryl methyl sites for hydroxylation is 1. The van der Waals surface area contributed by atoms with Gasteiger partial charge in [0.25, 0.3) is 0 Å². The van der Waals surface area contributed by atoms with Crippen LogP contribution in [0.25, 0.3) is 11.0 Å². The Morgan fingerprint density at radius 1 is 1.23 bits per heavy atom. The lowest BCUT2D eigenvalue weighted by Gasteiger charge is -2.03. The maximum Gasteiger partial charge on any atom is 0.349 e. The highest BCUT2D eigenvalue weighted by Gasteiger charge is 2.16. The van der Waals surface area contributed by atoms with Crippen LogP contribution in [-0.2, 0) is 22.6 Å². The Morgan fingerprint density at radius 3 is 2.58 bits per heavy atom. The average Bonchev–Trinajstić information content (AvgIpc) is 3.20. The highest BCUT2D eigenvalue weighted by Crippen LogP contribution is 2.19. The number of hydrogen-bond donors (Lipinski definition) is 1. The minimum Gasteiger partial charge on any atom is -0.465 e. The molecule has 1 aromatic carbocycles. The fraction of sp³-hybridized carbons (Fsp3) is 0.294. The number of thiazole rings is 1. The third kappa shape index (κ3) is 3.38. The van der Waals surface area contributed by atoms with E-state index in [-0.39, 0.29) is 17.4 Å². The van der Waals surface area contributed by atoms with Crippen molar-refractivity contribution in [2.24, 2.45) is 0 Å². The van der Waals surface area contributed by atoms with E-state index < -0.39 is 11.9 Å². The summed E-state index contributed by atoms with van der Waals surface area (Å²) in [7, 11) is 1.28. The molecule has 0 aliphatic heterocycles. The largest absolute Gasteiger partial charge is 0.465 e. The molecular formula is C17H18N4O4S. The summed E-state index contributed by atoms with van der Waals surface area (Å²) >= 11 is 1.02. The van der Waals surface area contributed by atoms with Gasteiger partial charge in [-0.3, -0.25) is 13.9 Å². The van der Waals surface area contributed by atoms with Crippen LogP contribution in [0.15, 0.2) is 35.3 Å². The van der Waals surface area contributed by atoms with Gasteiger partial charge >= 0.3 is 11.7 Å². The van der Waals surface area contributed by atoms with Crippen LogP contribution < -0.4 is 11.0 Å². The first-order chi connectivity index (χ1) is 12.5. The lowest BCUT2D eigenvalue weighted by atomic mass is 10.3. The first-order valence-corrected chi connectivity index (χ1v) is 8.88. The number of benzene rings is 1. The number of carbonyl (C=O) groups excluding carboxylic acids is 2. The van der Waals surface area contributed by atoms with Crippen molar-refractivity contribution in [2.45, 2.75) is 26.4 Å². The van der Waals surface area contributed by atoms with Gasteiger partial charge in [0.1, 0.15) is 11.4 Å². The van der Waals surface area contributed by atoms with Crippen LogP contribution >= 0.6 is 11.3 Å². The van der Waals surface area contributed by atoms with E-state index in [1.54, 1.807) is 4.57 Å². The lowest BCUT2D eigenvalue weighted by molar-refractivity contribution is -0.116. The topological polar surface area (TPSA) is 95.2 Å². The van der Waals surface area contributed by atoms with Gasteiger partial charge in [-0.2, -0.15) is 0 Å². The van der Waals surface area contributed by atoms with Crippen molar-refractivity contribution in [1.29, 1.82) is 0 Å². The van der Waals surface area contributed by atoms with E-state index in [9.17, 15) is 14.4 Å². The van der Waals surface area contributed by atoms with Gasteiger partial charge in [-0.05, 0) is 18.6 Å². The number of ether oxygens (including phenoxy) is 1. The molecule has 0 spiro atoms. The number of para-hydroxylation sites is 2. The van der Waals surface area contributed by atoms with Gasteiger partial charge in [-0.25, -0.2) is 14.6 Å². The van der Waals surface area contributed by atoms with E-state index in [1.165, 1.54) is 17.9 Å². The molecule has 0 saturated carbocycles. The zero-order valence-corrected chi connectivity index (χ0v) is 15.2. The molecule has 0 radical (unpaired) electrons. The second kappa shape index (κ2) is 7.52. The Morgan fingerprint density at radius 2 is 1.92 bits per heavy atom. The first-order valence-electron chi connectivity index (χ1n) is 8.07. The lowest BCUT2D eigenvalue weighted by Crippen LogP contribution is -2.29. The number of rotatable bonds is 6. The van der Waals surface area contributed by atoms with Gasteiger partial charge in [0, 0.05) is 6.54 Å². The standard InChI is InChI=1S/C17H18N4O4S/c1-3-8-20-11-6-4-5-7-12(11)21(17(20)24)10-14(22)19-16-18-9-13(26-16)15(23)25-2/h4-7,9H,3,8,10H2,1-2H3,(H,18,19,22). The van der Waals surface area contributed by atoms with Crippen LogP contribution in [-0.4, -0.2) is 33.1 Å². The van der Waals surface area contributed by atoms with Gasteiger partial charge in [-0.15, -0.1) is 0 Å².